The summed E-state index contributed by atoms with van der Waals surface area (Å²) in [5.74, 6) is 0.672. The fraction of sp³-hybridized carbons (Fsp3) is 0.200. The molecule has 0 aromatic heterocycles. The lowest BCUT2D eigenvalue weighted by Gasteiger charge is -2.23. The Kier molecular flexibility index (Phi) is 4.71. The first-order valence-electron chi connectivity index (χ1n) is 9.33. The van der Waals surface area contributed by atoms with Crippen LogP contribution in [0.1, 0.15) is 25.0 Å². The molecule has 4 aromatic carbocycles. The Morgan fingerprint density at radius 2 is 1.19 bits per heavy atom. The molecule has 0 spiro atoms. The minimum atomic E-state index is -0.775. The van der Waals surface area contributed by atoms with E-state index in [1.165, 1.54) is 43.8 Å². The van der Waals surface area contributed by atoms with Gasteiger partial charge < -0.3 is 5.11 Å². The van der Waals surface area contributed by atoms with E-state index in [4.69, 9.17) is 0 Å². The Morgan fingerprint density at radius 3 is 1.70 bits per heavy atom. The van der Waals surface area contributed by atoms with Crippen LogP contribution in [0, 0.1) is 0 Å². The SMILES string of the molecule is CC(C)(O)Cc1ccc2ccccc2c1-c1c(CS)ccc2ccccc12. The van der Waals surface area contributed by atoms with E-state index in [0.29, 0.717) is 12.2 Å². The van der Waals surface area contributed by atoms with Crippen LogP contribution >= 0.6 is 12.6 Å². The van der Waals surface area contributed by atoms with Crippen LogP contribution in [-0.4, -0.2) is 10.7 Å². The first-order chi connectivity index (χ1) is 13.0. The van der Waals surface area contributed by atoms with Crippen LogP contribution in [0.4, 0.5) is 0 Å². The van der Waals surface area contributed by atoms with E-state index < -0.39 is 5.60 Å². The molecule has 27 heavy (non-hydrogen) atoms. The second kappa shape index (κ2) is 7.03. The van der Waals surface area contributed by atoms with Crippen LogP contribution in [0.3, 0.4) is 0 Å². The monoisotopic (exact) mass is 372 g/mol. The van der Waals surface area contributed by atoms with Crippen molar-refractivity contribution in [2.45, 2.75) is 31.6 Å². The molecule has 0 saturated heterocycles. The largest absolute Gasteiger partial charge is 0.390 e. The molecule has 2 heteroatoms. The normalized spacial score (nSPS) is 12.0. The lowest BCUT2D eigenvalue weighted by Crippen LogP contribution is -2.22. The summed E-state index contributed by atoms with van der Waals surface area (Å²) in [5.41, 5.74) is 4.06. The van der Waals surface area contributed by atoms with Gasteiger partial charge in [0.2, 0.25) is 0 Å². The first kappa shape index (κ1) is 18.1. The molecule has 0 bridgehead atoms. The van der Waals surface area contributed by atoms with Crippen molar-refractivity contribution in [3.05, 3.63) is 83.9 Å². The average molecular weight is 373 g/mol. The summed E-state index contributed by atoms with van der Waals surface area (Å²) < 4.78 is 0. The summed E-state index contributed by atoms with van der Waals surface area (Å²) in [6.07, 6.45) is 0.600. The zero-order valence-corrected chi connectivity index (χ0v) is 16.6. The zero-order chi connectivity index (χ0) is 19.0. The minimum absolute atomic E-state index is 0.600. The van der Waals surface area contributed by atoms with E-state index in [1.54, 1.807) is 0 Å². The molecule has 0 heterocycles. The fourth-order valence-corrected chi connectivity index (χ4v) is 4.23. The number of fused-ring (bicyclic) bond motifs is 2. The third kappa shape index (κ3) is 3.47. The van der Waals surface area contributed by atoms with Gasteiger partial charge in [0.25, 0.3) is 0 Å². The number of hydrogen-bond donors (Lipinski definition) is 2. The van der Waals surface area contributed by atoms with E-state index in [0.717, 1.165) is 0 Å². The minimum Gasteiger partial charge on any atom is -0.390 e. The summed E-state index contributed by atoms with van der Waals surface area (Å²) in [7, 11) is 0. The van der Waals surface area contributed by atoms with Gasteiger partial charge in [0, 0.05) is 12.2 Å². The molecule has 0 radical (unpaired) electrons. The molecule has 0 atom stereocenters. The molecule has 0 aliphatic heterocycles. The Hall–Kier alpha value is -2.29. The maximum atomic E-state index is 10.5. The Balaban J connectivity index is 2.15. The van der Waals surface area contributed by atoms with Crippen LogP contribution < -0.4 is 0 Å². The lowest BCUT2D eigenvalue weighted by atomic mass is 9.84. The first-order valence-corrected chi connectivity index (χ1v) is 9.96. The summed E-state index contributed by atoms with van der Waals surface area (Å²) in [5, 5.41) is 15.4. The van der Waals surface area contributed by atoms with E-state index in [2.05, 4.69) is 85.4 Å². The number of rotatable bonds is 4. The van der Waals surface area contributed by atoms with Gasteiger partial charge in [-0.25, -0.2) is 0 Å². The smallest absolute Gasteiger partial charge is 0.0632 e. The summed E-state index contributed by atoms with van der Waals surface area (Å²) in [6.45, 7) is 3.74. The number of hydrogen-bond acceptors (Lipinski definition) is 2. The molecule has 1 nitrogen and oxygen atoms in total. The molecule has 0 fully saturated rings. The van der Waals surface area contributed by atoms with Crippen molar-refractivity contribution in [1.29, 1.82) is 0 Å². The second-order valence-electron chi connectivity index (χ2n) is 7.79. The summed E-state index contributed by atoms with van der Waals surface area (Å²) >= 11 is 4.62. The number of thiol groups is 1. The molecule has 0 aliphatic carbocycles. The van der Waals surface area contributed by atoms with Gasteiger partial charge in [-0.1, -0.05) is 72.8 Å². The fourth-order valence-electron chi connectivity index (χ4n) is 3.97. The van der Waals surface area contributed by atoms with Crippen molar-refractivity contribution in [3.8, 4) is 11.1 Å². The van der Waals surface area contributed by atoms with Crippen LogP contribution in [0.25, 0.3) is 32.7 Å². The van der Waals surface area contributed by atoms with Gasteiger partial charge in [-0.3, -0.25) is 0 Å². The highest BCUT2D eigenvalue weighted by Crippen LogP contribution is 2.40. The van der Waals surface area contributed by atoms with Gasteiger partial charge in [-0.05, 0) is 57.6 Å². The molecule has 4 rings (SSSR count). The van der Waals surface area contributed by atoms with Crippen molar-refractivity contribution < 1.29 is 5.11 Å². The molecule has 4 aromatic rings. The van der Waals surface area contributed by atoms with Gasteiger partial charge in [0.15, 0.2) is 0 Å². The zero-order valence-electron chi connectivity index (χ0n) is 15.7. The third-order valence-corrected chi connectivity index (χ3v) is 5.41. The number of aliphatic hydroxyl groups is 1. The Morgan fingerprint density at radius 1 is 0.704 bits per heavy atom. The third-order valence-electron chi connectivity index (χ3n) is 5.07. The average Bonchev–Trinajstić information content (AvgIpc) is 2.66. The van der Waals surface area contributed by atoms with E-state index >= 15 is 0 Å². The molecule has 0 unspecified atom stereocenters. The van der Waals surface area contributed by atoms with Crippen LogP contribution in [-0.2, 0) is 12.2 Å². The van der Waals surface area contributed by atoms with Crippen molar-refractivity contribution in [2.75, 3.05) is 0 Å². The van der Waals surface area contributed by atoms with Gasteiger partial charge >= 0.3 is 0 Å². The maximum Gasteiger partial charge on any atom is 0.0632 e. The topological polar surface area (TPSA) is 20.2 Å². The van der Waals surface area contributed by atoms with Gasteiger partial charge in [0.1, 0.15) is 0 Å². The van der Waals surface area contributed by atoms with Gasteiger partial charge in [-0.2, -0.15) is 12.6 Å². The highest BCUT2D eigenvalue weighted by atomic mass is 32.1. The highest BCUT2D eigenvalue weighted by molar-refractivity contribution is 7.79. The highest BCUT2D eigenvalue weighted by Gasteiger charge is 2.21. The van der Waals surface area contributed by atoms with Gasteiger partial charge in [0.05, 0.1) is 5.60 Å². The molecule has 0 amide bonds. The van der Waals surface area contributed by atoms with Crippen molar-refractivity contribution in [2.24, 2.45) is 0 Å². The summed E-state index contributed by atoms with van der Waals surface area (Å²) in [4.78, 5) is 0. The van der Waals surface area contributed by atoms with Gasteiger partial charge in [-0.15, -0.1) is 0 Å². The Bertz CT molecular complexity index is 1120. The van der Waals surface area contributed by atoms with Crippen LogP contribution in [0.5, 0.6) is 0 Å². The van der Waals surface area contributed by atoms with Crippen molar-refractivity contribution >= 4 is 34.2 Å². The molecule has 1 N–H and O–H groups in total. The Labute approximate surface area is 166 Å². The quantitative estimate of drug-likeness (QED) is 0.397. The van der Waals surface area contributed by atoms with E-state index in [1.807, 2.05) is 13.8 Å². The predicted molar refractivity (Wildman–Crippen MR) is 120 cm³/mol. The molecular weight excluding hydrogens is 348 g/mol. The molecule has 0 saturated carbocycles. The standard InChI is InChI=1S/C25H24OS/c1-25(2,26)15-19-13-11-17-7-3-5-9-21(17)23(19)24-20(16-27)14-12-18-8-4-6-10-22(18)24/h3-14,26-27H,15-16H2,1-2H3. The van der Waals surface area contributed by atoms with Crippen molar-refractivity contribution in [1.82, 2.24) is 0 Å². The number of benzene rings is 4. The van der Waals surface area contributed by atoms with E-state index in [-0.39, 0.29) is 0 Å². The lowest BCUT2D eigenvalue weighted by molar-refractivity contribution is 0.0811. The molecule has 136 valence electrons. The van der Waals surface area contributed by atoms with Crippen LogP contribution in [0.2, 0.25) is 0 Å². The predicted octanol–water partition coefficient (Wildman–Crippen LogP) is 6.40. The summed E-state index contributed by atoms with van der Waals surface area (Å²) in [6, 6.07) is 25.7. The van der Waals surface area contributed by atoms with Crippen molar-refractivity contribution in [3.63, 3.8) is 0 Å². The van der Waals surface area contributed by atoms with E-state index in [9.17, 15) is 5.11 Å². The second-order valence-corrected chi connectivity index (χ2v) is 8.11. The molecule has 0 aliphatic rings. The van der Waals surface area contributed by atoms with Crippen LogP contribution in [0.15, 0.2) is 72.8 Å². The maximum absolute atomic E-state index is 10.5. The molecular formula is C25H24OS.